The van der Waals surface area contributed by atoms with E-state index in [9.17, 15) is 13.6 Å². The van der Waals surface area contributed by atoms with Crippen LogP contribution in [-0.2, 0) is 15.9 Å². The van der Waals surface area contributed by atoms with E-state index < -0.39 is 17.2 Å². The Balaban J connectivity index is 2.37. The molecule has 2 rings (SSSR count). The topological polar surface area (TPSA) is 112 Å². The predicted molar refractivity (Wildman–Crippen MR) is 91.4 cm³/mol. The fourth-order valence-corrected chi connectivity index (χ4v) is 2.82. The van der Waals surface area contributed by atoms with Gasteiger partial charge >= 0.3 is 0 Å². The first-order valence-corrected chi connectivity index (χ1v) is 8.81. The lowest BCUT2D eigenvalue weighted by Gasteiger charge is -2.28. The molecule has 0 fully saturated rings. The van der Waals surface area contributed by atoms with Gasteiger partial charge in [0.1, 0.15) is 11.9 Å². The number of ether oxygens (including phenoxy) is 1. The van der Waals surface area contributed by atoms with E-state index in [1.807, 2.05) is 13.8 Å². The van der Waals surface area contributed by atoms with Crippen molar-refractivity contribution in [1.82, 2.24) is 10.6 Å². The van der Waals surface area contributed by atoms with Crippen molar-refractivity contribution in [3.63, 3.8) is 0 Å². The number of hydrogen-bond donors (Lipinski definition) is 4. The lowest BCUT2D eigenvalue weighted by Crippen LogP contribution is -2.43. The minimum Gasteiger partial charge on any atom is -0.493 e. The van der Waals surface area contributed by atoms with Crippen molar-refractivity contribution in [1.29, 1.82) is 5.41 Å². The molecule has 0 bridgehead atoms. The van der Waals surface area contributed by atoms with Crippen LogP contribution in [0.3, 0.4) is 0 Å². The molecule has 0 spiro atoms. The summed E-state index contributed by atoms with van der Waals surface area (Å²) in [5.74, 6) is 0.181. The molecule has 4 N–H and O–H groups in total. The number of carbonyl (C=O) groups excluding carboxylic acids is 1. The van der Waals surface area contributed by atoms with Crippen LogP contribution in [0.5, 0.6) is 5.75 Å². The molecule has 1 heterocycles. The summed E-state index contributed by atoms with van der Waals surface area (Å²) in [6.07, 6.45) is 2.06. The highest BCUT2D eigenvalue weighted by atomic mass is 32.2. The van der Waals surface area contributed by atoms with Crippen LogP contribution < -0.4 is 15.4 Å². The van der Waals surface area contributed by atoms with Crippen LogP contribution in [0.25, 0.3) is 0 Å². The number of benzene rings is 1. The van der Waals surface area contributed by atoms with E-state index in [-0.39, 0.29) is 10.8 Å². The van der Waals surface area contributed by atoms with Crippen LogP contribution in [0.4, 0.5) is 0 Å². The largest absolute Gasteiger partial charge is 0.493 e. The number of nitrogens with one attached hydrogen (secondary N) is 3. The summed E-state index contributed by atoms with van der Waals surface area (Å²) in [5.41, 5.74) is 1.33. The van der Waals surface area contributed by atoms with E-state index in [0.717, 1.165) is 6.42 Å². The molecule has 24 heavy (non-hydrogen) atoms. The third-order valence-corrected chi connectivity index (χ3v) is 4.14. The summed E-state index contributed by atoms with van der Waals surface area (Å²) >= 11 is -2.14. The number of allylic oxidation sites excluding steroid dienone is 1. The first kappa shape index (κ1) is 18.2. The fourth-order valence-electron chi connectivity index (χ4n) is 2.41. The standard InChI is InChI=1S/C16H21N3O4S/c1-3-5-12(17)13-9-15(20)19-16(18-13)11-8-10(24(21)22)6-7-14(11)23-4-2/h6-9,16-18H,3-5H2,1-2H3,(H,19,20)(H,21,22). The third kappa shape index (κ3) is 4.21. The summed E-state index contributed by atoms with van der Waals surface area (Å²) in [6, 6.07) is 4.63. The van der Waals surface area contributed by atoms with Crippen LogP contribution in [0.1, 0.15) is 38.4 Å². The molecule has 1 aromatic carbocycles. The van der Waals surface area contributed by atoms with Crippen LogP contribution >= 0.6 is 0 Å². The second-order valence-electron chi connectivity index (χ2n) is 5.25. The number of rotatable bonds is 7. The van der Waals surface area contributed by atoms with Crippen molar-refractivity contribution in [2.24, 2.45) is 0 Å². The monoisotopic (exact) mass is 351 g/mol. The lowest BCUT2D eigenvalue weighted by atomic mass is 10.1. The molecule has 0 saturated heterocycles. The number of carbonyl (C=O) groups is 1. The second kappa shape index (κ2) is 8.07. The summed E-state index contributed by atoms with van der Waals surface area (Å²) in [7, 11) is 0. The average Bonchev–Trinajstić information content (AvgIpc) is 2.55. The summed E-state index contributed by atoms with van der Waals surface area (Å²) in [4.78, 5) is 12.2. The second-order valence-corrected chi connectivity index (χ2v) is 6.22. The van der Waals surface area contributed by atoms with Gasteiger partial charge in [0.05, 0.1) is 22.9 Å². The maximum Gasteiger partial charge on any atom is 0.247 e. The molecule has 130 valence electrons. The van der Waals surface area contributed by atoms with Gasteiger partial charge in [0, 0.05) is 11.6 Å². The normalized spacial score (nSPS) is 18.2. The predicted octanol–water partition coefficient (Wildman–Crippen LogP) is 2.09. The molecule has 7 nitrogen and oxygen atoms in total. The van der Waals surface area contributed by atoms with Crippen LogP contribution in [-0.4, -0.2) is 27.0 Å². The Labute approximate surface area is 143 Å². The van der Waals surface area contributed by atoms with Gasteiger partial charge in [-0.2, -0.15) is 0 Å². The van der Waals surface area contributed by atoms with E-state index >= 15 is 0 Å². The van der Waals surface area contributed by atoms with Gasteiger partial charge in [-0.05, 0) is 31.5 Å². The fraction of sp³-hybridized carbons (Fsp3) is 0.375. The van der Waals surface area contributed by atoms with E-state index in [2.05, 4.69) is 10.6 Å². The maximum atomic E-state index is 12.0. The van der Waals surface area contributed by atoms with Crippen LogP contribution in [0.2, 0.25) is 0 Å². The van der Waals surface area contributed by atoms with Crippen molar-refractivity contribution in [2.45, 2.75) is 37.8 Å². The average molecular weight is 351 g/mol. The Hall–Kier alpha value is -2.19. The molecule has 0 aromatic heterocycles. The Morgan fingerprint density at radius 1 is 1.38 bits per heavy atom. The van der Waals surface area contributed by atoms with E-state index in [1.165, 1.54) is 18.2 Å². The number of amides is 1. The van der Waals surface area contributed by atoms with Gasteiger partial charge < -0.3 is 25.3 Å². The Morgan fingerprint density at radius 3 is 2.75 bits per heavy atom. The molecular weight excluding hydrogens is 330 g/mol. The molecule has 1 aliphatic heterocycles. The molecule has 1 amide bonds. The molecule has 1 aliphatic rings. The quantitative estimate of drug-likeness (QED) is 0.444. The smallest absolute Gasteiger partial charge is 0.247 e. The maximum absolute atomic E-state index is 12.0. The molecular formula is C16H21N3O4S. The highest BCUT2D eigenvalue weighted by Gasteiger charge is 2.25. The third-order valence-electron chi connectivity index (χ3n) is 3.48. The summed E-state index contributed by atoms with van der Waals surface area (Å²) in [6.45, 7) is 4.21. The SMILES string of the molecule is CCCC(=N)C1=CC(=O)NC(c2cc(S(=O)O)ccc2OCC)N1. The first-order chi connectivity index (χ1) is 11.5. The first-order valence-electron chi connectivity index (χ1n) is 7.70. The lowest BCUT2D eigenvalue weighted by molar-refractivity contribution is -0.117. The zero-order valence-corrected chi connectivity index (χ0v) is 14.4. The van der Waals surface area contributed by atoms with E-state index in [4.69, 9.17) is 10.1 Å². The minimum absolute atomic E-state index is 0.212. The molecule has 2 unspecified atom stereocenters. The summed E-state index contributed by atoms with van der Waals surface area (Å²) in [5, 5.41) is 13.9. The molecule has 0 aliphatic carbocycles. The van der Waals surface area contributed by atoms with Gasteiger partial charge in [-0.3, -0.25) is 4.79 Å². The van der Waals surface area contributed by atoms with Crippen LogP contribution in [0, 0.1) is 5.41 Å². The molecule has 0 radical (unpaired) electrons. The molecule has 8 heteroatoms. The molecule has 0 saturated carbocycles. The Bertz CT molecular complexity index is 703. The number of hydrogen-bond acceptors (Lipinski definition) is 5. The highest BCUT2D eigenvalue weighted by molar-refractivity contribution is 7.79. The van der Waals surface area contributed by atoms with E-state index in [1.54, 1.807) is 6.07 Å². The van der Waals surface area contributed by atoms with E-state index in [0.29, 0.717) is 35.7 Å². The van der Waals surface area contributed by atoms with Crippen molar-refractivity contribution < 1.29 is 18.3 Å². The van der Waals surface area contributed by atoms with Crippen molar-refractivity contribution >= 4 is 22.7 Å². The van der Waals surface area contributed by atoms with Crippen LogP contribution in [0.15, 0.2) is 34.9 Å². The van der Waals surface area contributed by atoms with Gasteiger partial charge in [-0.25, -0.2) is 4.21 Å². The van der Waals surface area contributed by atoms with Crippen molar-refractivity contribution in [3.05, 3.63) is 35.5 Å². The molecule has 2 atom stereocenters. The van der Waals surface area contributed by atoms with Gasteiger partial charge in [-0.15, -0.1) is 0 Å². The van der Waals surface area contributed by atoms with Crippen molar-refractivity contribution in [3.8, 4) is 5.75 Å². The zero-order chi connectivity index (χ0) is 17.7. The van der Waals surface area contributed by atoms with Gasteiger partial charge in [-0.1, -0.05) is 13.3 Å². The Kier molecular flexibility index (Phi) is 6.10. The zero-order valence-electron chi connectivity index (χ0n) is 13.6. The van der Waals surface area contributed by atoms with Gasteiger partial charge in [0.25, 0.3) is 0 Å². The highest BCUT2D eigenvalue weighted by Crippen LogP contribution is 2.28. The summed E-state index contributed by atoms with van der Waals surface area (Å²) < 4.78 is 26.2. The van der Waals surface area contributed by atoms with Gasteiger partial charge in [0.2, 0.25) is 5.91 Å². The molecule has 1 aromatic rings. The Morgan fingerprint density at radius 2 is 2.12 bits per heavy atom. The van der Waals surface area contributed by atoms with Crippen molar-refractivity contribution in [2.75, 3.05) is 6.61 Å². The minimum atomic E-state index is -2.14. The van der Waals surface area contributed by atoms with Gasteiger partial charge in [0.15, 0.2) is 11.1 Å².